The van der Waals surface area contributed by atoms with Gasteiger partial charge in [-0.05, 0) is 12.0 Å². The van der Waals surface area contributed by atoms with Gasteiger partial charge in [0.15, 0.2) is 0 Å². The SMILES string of the molecule is CCCC(=O)NC(=O)NCc1ccccc1. The Hall–Kier alpha value is -1.84. The van der Waals surface area contributed by atoms with Crippen LogP contribution < -0.4 is 10.6 Å². The quantitative estimate of drug-likeness (QED) is 0.813. The number of carbonyl (C=O) groups is 2. The van der Waals surface area contributed by atoms with Crippen LogP contribution in [0.1, 0.15) is 25.3 Å². The molecule has 0 aliphatic carbocycles. The smallest absolute Gasteiger partial charge is 0.321 e. The maximum absolute atomic E-state index is 11.3. The molecular weight excluding hydrogens is 204 g/mol. The van der Waals surface area contributed by atoms with Crippen LogP contribution in [-0.2, 0) is 11.3 Å². The third-order valence-corrected chi connectivity index (χ3v) is 2.03. The van der Waals surface area contributed by atoms with Crippen LogP contribution in [0.2, 0.25) is 0 Å². The molecule has 0 saturated heterocycles. The zero-order valence-electron chi connectivity index (χ0n) is 9.32. The highest BCUT2D eigenvalue weighted by molar-refractivity contribution is 5.94. The maximum Gasteiger partial charge on any atom is 0.321 e. The molecule has 16 heavy (non-hydrogen) atoms. The average molecular weight is 220 g/mol. The van der Waals surface area contributed by atoms with E-state index in [1.165, 1.54) is 0 Å². The van der Waals surface area contributed by atoms with E-state index in [-0.39, 0.29) is 5.91 Å². The van der Waals surface area contributed by atoms with Crippen molar-refractivity contribution in [3.05, 3.63) is 35.9 Å². The van der Waals surface area contributed by atoms with Crippen LogP contribution >= 0.6 is 0 Å². The molecule has 0 bridgehead atoms. The lowest BCUT2D eigenvalue weighted by Crippen LogP contribution is -2.38. The summed E-state index contributed by atoms with van der Waals surface area (Å²) >= 11 is 0. The highest BCUT2D eigenvalue weighted by atomic mass is 16.2. The minimum Gasteiger partial charge on any atom is -0.334 e. The second-order valence-electron chi connectivity index (χ2n) is 3.47. The van der Waals surface area contributed by atoms with Gasteiger partial charge < -0.3 is 5.32 Å². The molecule has 0 heterocycles. The van der Waals surface area contributed by atoms with Gasteiger partial charge in [0.25, 0.3) is 0 Å². The molecule has 86 valence electrons. The maximum atomic E-state index is 11.3. The van der Waals surface area contributed by atoms with Crippen molar-refractivity contribution in [1.82, 2.24) is 10.6 Å². The Morgan fingerprint density at radius 1 is 1.19 bits per heavy atom. The van der Waals surface area contributed by atoms with Crippen molar-refractivity contribution in [3.63, 3.8) is 0 Å². The van der Waals surface area contributed by atoms with E-state index in [1.54, 1.807) is 0 Å². The van der Waals surface area contributed by atoms with Gasteiger partial charge in [-0.25, -0.2) is 4.79 Å². The third-order valence-electron chi connectivity index (χ3n) is 2.03. The fourth-order valence-electron chi connectivity index (χ4n) is 1.24. The summed E-state index contributed by atoms with van der Waals surface area (Å²) in [6, 6.07) is 9.09. The molecule has 0 fully saturated rings. The Balaban J connectivity index is 2.28. The molecule has 3 amide bonds. The summed E-state index contributed by atoms with van der Waals surface area (Å²) in [6.07, 6.45) is 1.11. The van der Waals surface area contributed by atoms with E-state index in [0.717, 1.165) is 12.0 Å². The van der Waals surface area contributed by atoms with Crippen LogP contribution in [0.25, 0.3) is 0 Å². The Labute approximate surface area is 95.0 Å². The number of rotatable bonds is 4. The molecule has 4 nitrogen and oxygen atoms in total. The van der Waals surface area contributed by atoms with E-state index in [0.29, 0.717) is 13.0 Å². The standard InChI is InChI=1S/C12H16N2O2/c1-2-6-11(15)14-12(16)13-9-10-7-4-3-5-8-10/h3-5,7-8H,2,6,9H2,1H3,(H2,13,14,15,16). The molecule has 0 unspecified atom stereocenters. The second-order valence-corrected chi connectivity index (χ2v) is 3.47. The summed E-state index contributed by atoms with van der Waals surface area (Å²) in [7, 11) is 0. The van der Waals surface area contributed by atoms with Gasteiger partial charge in [0.2, 0.25) is 5.91 Å². The van der Waals surface area contributed by atoms with E-state index in [9.17, 15) is 9.59 Å². The first-order chi connectivity index (χ1) is 7.72. The third kappa shape index (κ3) is 4.59. The average Bonchev–Trinajstić information content (AvgIpc) is 2.28. The molecule has 2 N–H and O–H groups in total. The number of benzene rings is 1. The first-order valence-electron chi connectivity index (χ1n) is 5.34. The van der Waals surface area contributed by atoms with Crippen LogP contribution in [0.15, 0.2) is 30.3 Å². The molecule has 0 atom stereocenters. The Morgan fingerprint density at radius 3 is 2.50 bits per heavy atom. The van der Waals surface area contributed by atoms with E-state index in [1.807, 2.05) is 37.3 Å². The summed E-state index contributed by atoms with van der Waals surface area (Å²) in [6.45, 7) is 2.31. The molecule has 0 aromatic heterocycles. The Kier molecular flexibility index (Phi) is 5.05. The van der Waals surface area contributed by atoms with E-state index < -0.39 is 6.03 Å². The fourth-order valence-corrected chi connectivity index (χ4v) is 1.24. The van der Waals surface area contributed by atoms with Gasteiger partial charge in [0, 0.05) is 13.0 Å². The van der Waals surface area contributed by atoms with E-state index >= 15 is 0 Å². The van der Waals surface area contributed by atoms with Crippen molar-refractivity contribution in [2.75, 3.05) is 0 Å². The van der Waals surface area contributed by atoms with Crippen molar-refractivity contribution in [1.29, 1.82) is 0 Å². The predicted molar refractivity (Wildman–Crippen MR) is 61.7 cm³/mol. The van der Waals surface area contributed by atoms with Crippen molar-refractivity contribution in [2.24, 2.45) is 0 Å². The Morgan fingerprint density at radius 2 is 1.88 bits per heavy atom. The number of imide groups is 1. The van der Waals surface area contributed by atoms with Crippen molar-refractivity contribution < 1.29 is 9.59 Å². The van der Waals surface area contributed by atoms with Crippen LogP contribution in [0.4, 0.5) is 4.79 Å². The lowest BCUT2D eigenvalue weighted by Gasteiger charge is -2.05. The minimum atomic E-state index is -0.442. The van der Waals surface area contributed by atoms with Gasteiger partial charge in [-0.2, -0.15) is 0 Å². The number of urea groups is 1. The molecule has 0 saturated carbocycles. The van der Waals surface area contributed by atoms with Crippen LogP contribution in [-0.4, -0.2) is 11.9 Å². The second kappa shape index (κ2) is 6.61. The molecule has 4 heteroatoms. The number of nitrogens with one attached hydrogen (secondary N) is 2. The highest BCUT2D eigenvalue weighted by Crippen LogP contribution is 1.96. The van der Waals surface area contributed by atoms with Crippen molar-refractivity contribution in [3.8, 4) is 0 Å². The summed E-state index contributed by atoms with van der Waals surface area (Å²) in [5.41, 5.74) is 1.00. The lowest BCUT2D eigenvalue weighted by atomic mass is 10.2. The van der Waals surface area contributed by atoms with Gasteiger partial charge in [-0.15, -0.1) is 0 Å². The van der Waals surface area contributed by atoms with Gasteiger partial charge in [0.05, 0.1) is 0 Å². The molecule has 0 spiro atoms. The lowest BCUT2D eigenvalue weighted by molar-refractivity contribution is -0.120. The number of amides is 3. The van der Waals surface area contributed by atoms with Crippen LogP contribution in [0.3, 0.4) is 0 Å². The zero-order valence-corrected chi connectivity index (χ0v) is 9.32. The monoisotopic (exact) mass is 220 g/mol. The summed E-state index contributed by atoms with van der Waals surface area (Å²) < 4.78 is 0. The van der Waals surface area contributed by atoms with Gasteiger partial charge in [-0.3, -0.25) is 10.1 Å². The van der Waals surface area contributed by atoms with Gasteiger partial charge in [0.1, 0.15) is 0 Å². The largest absolute Gasteiger partial charge is 0.334 e. The highest BCUT2D eigenvalue weighted by Gasteiger charge is 2.05. The zero-order chi connectivity index (χ0) is 11.8. The summed E-state index contributed by atoms with van der Waals surface area (Å²) in [5.74, 6) is -0.243. The molecule has 0 aliphatic rings. The molecule has 1 aromatic carbocycles. The fraction of sp³-hybridized carbons (Fsp3) is 0.333. The van der Waals surface area contributed by atoms with Crippen LogP contribution in [0.5, 0.6) is 0 Å². The number of carbonyl (C=O) groups excluding carboxylic acids is 2. The molecule has 1 rings (SSSR count). The Bertz CT molecular complexity index is 349. The molecular formula is C12H16N2O2. The predicted octanol–water partition coefficient (Wildman–Crippen LogP) is 1.81. The summed E-state index contributed by atoms with van der Waals surface area (Å²) in [5, 5.41) is 4.88. The first kappa shape index (κ1) is 12.2. The minimum absolute atomic E-state index is 0.243. The van der Waals surface area contributed by atoms with E-state index in [4.69, 9.17) is 0 Å². The molecule has 0 aliphatic heterocycles. The first-order valence-corrected chi connectivity index (χ1v) is 5.34. The van der Waals surface area contributed by atoms with Crippen molar-refractivity contribution in [2.45, 2.75) is 26.3 Å². The topological polar surface area (TPSA) is 58.2 Å². The molecule has 0 radical (unpaired) electrons. The van der Waals surface area contributed by atoms with Gasteiger partial charge >= 0.3 is 6.03 Å². The molecule has 1 aromatic rings. The van der Waals surface area contributed by atoms with Crippen molar-refractivity contribution >= 4 is 11.9 Å². The van der Waals surface area contributed by atoms with Gasteiger partial charge in [-0.1, -0.05) is 37.3 Å². The number of hydrogen-bond donors (Lipinski definition) is 2. The van der Waals surface area contributed by atoms with Crippen LogP contribution in [0, 0.1) is 0 Å². The summed E-state index contributed by atoms with van der Waals surface area (Å²) in [4.78, 5) is 22.4. The normalized spacial score (nSPS) is 9.56. The number of hydrogen-bond acceptors (Lipinski definition) is 2. The van der Waals surface area contributed by atoms with E-state index in [2.05, 4.69) is 10.6 Å².